The van der Waals surface area contributed by atoms with E-state index in [-0.39, 0.29) is 17.9 Å². The molecule has 0 saturated heterocycles. The average Bonchev–Trinajstić information content (AvgIpc) is 3.07. The van der Waals surface area contributed by atoms with Crippen LogP contribution >= 0.6 is 11.3 Å². The van der Waals surface area contributed by atoms with E-state index in [9.17, 15) is 9.59 Å². The number of thiophene rings is 1. The molecule has 130 valence electrons. The first-order chi connectivity index (χ1) is 12.1. The van der Waals surface area contributed by atoms with Crippen molar-refractivity contribution in [2.75, 3.05) is 13.2 Å². The molecule has 25 heavy (non-hydrogen) atoms. The molecule has 1 saturated carbocycles. The van der Waals surface area contributed by atoms with E-state index in [2.05, 4.69) is 5.32 Å². The fourth-order valence-corrected chi connectivity index (χ4v) is 3.91. The standard InChI is InChI=1S/C18H17NO5S/c20-17(19-12-7-11(8-12)18(21)22)16-4-3-15(25-16)10-1-2-13-14(9-10)24-6-5-23-13/h1-4,9,11-12H,5-8H2,(H,19,20)(H,21,22). The van der Waals surface area contributed by atoms with Crippen molar-refractivity contribution in [1.29, 1.82) is 0 Å². The third kappa shape index (κ3) is 3.19. The van der Waals surface area contributed by atoms with Crippen molar-refractivity contribution in [2.24, 2.45) is 5.92 Å². The number of amides is 1. The maximum absolute atomic E-state index is 12.3. The number of nitrogens with one attached hydrogen (secondary N) is 1. The Morgan fingerprint density at radius 1 is 1.08 bits per heavy atom. The lowest BCUT2D eigenvalue weighted by atomic mass is 9.80. The number of hydrogen-bond acceptors (Lipinski definition) is 5. The molecule has 4 rings (SSSR count). The van der Waals surface area contributed by atoms with E-state index >= 15 is 0 Å². The SMILES string of the molecule is O=C(NC1CC(C(=O)O)C1)c1ccc(-c2ccc3c(c2)OCCO3)s1. The molecule has 1 aliphatic carbocycles. The highest BCUT2D eigenvalue weighted by Gasteiger charge is 2.35. The summed E-state index contributed by atoms with van der Waals surface area (Å²) in [6, 6.07) is 9.40. The van der Waals surface area contributed by atoms with Gasteiger partial charge in [-0.15, -0.1) is 11.3 Å². The third-order valence-electron chi connectivity index (χ3n) is 4.48. The normalized spacial score (nSPS) is 21.3. The van der Waals surface area contributed by atoms with Gasteiger partial charge in [-0.1, -0.05) is 0 Å². The Labute approximate surface area is 148 Å². The second kappa shape index (κ2) is 6.40. The quantitative estimate of drug-likeness (QED) is 0.877. The van der Waals surface area contributed by atoms with Gasteiger partial charge in [0, 0.05) is 10.9 Å². The van der Waals surface area contributed by atoms with Gasteiger partial charge in [0.2, 0.25) is 0 Å². The highest BCUT2D eigenvalue weighted by atomic mass is 32.1. The molecule has 1 aromatic heterocycles. The van der Waals surface area contributed by atoms with Crippen molar-refractivity contribution in [3.05, 3.63) is 35.2 Å². The third-order valence-corrected chi connectivity index (χ3v) is 5.61. The molecular weight excluding hydrogens is 342 g/mol. The van der Waals surface area contributed by atoms with Gasteiger partial charge in [-0.3, -0.25) is 9.59 Å². The summed E-state index contributed by atoms with van der Waals surface area (Å²) in [7, 11) is 0. The zero-order valence-electron chi connectivity index (χ0n) is 13.4. The minimum absolute atomic E-state index is 0.0477. The number of benzene rings is 1. The summed E-state index contributed by atoms with van der Waals surface area (Å²) in [5.74, 6) is 0.187. The van der Waals surface area contributed by atoms with E-state index in [0.717, 1.165) is 21.9 Å². The molecule has 2 aromatic rings. The molecule has 0 spiro atoms. The summed E-state index contributed by atoms with van der Waals surface area (Å²) in [6.07, 6.45) is 1.00. The minimum Gasteiger partial charge on any atom is -0.486 e. The van der Waals surface area contributed by atoms with Gasteiger partial charge in [0.15, 0.2) is 11.5 Å². The van der Waals surface area contributed by atoms with Gasteiger partial charge >= 0.3 is 5.97 Å². The number of carboxylic acid groups (broad SMARTS) is 1. The molecule has 7 heteroatoms. The van der Waals surface area contributed by atoms with Crippen LogP contribution in [0.25, 0.3) is 10.4 Å². The van der Waals surface area contributed by atoms with E-state index in [0.29, 0.717) is 30.9 Å². The number of carboxylic acids is 1. The van der Waals surface area contributed by atoms with Crippen LogP contribution in [-0.2, 0) is 4.79 Å². The van der Waals surface area contributed by atoms with Crippen LogP contribution in [0.2, 0.25) is 0 Å². The number of ether oxygens (including phenoxy) is 2. The van der Waals surface area contributed by atoms with Gasteiger partial charge in [-0.05, 0) is 48.7 Å². The van der Waals surface area contributed by atoms with E-state index in [1.54, 1.807) is 6.07 Å². The van der Waals surface area contributed by atoms with E-state index in [4.69, 9.17) is 14.6 Å². The Kier molecular flexibility index (Phi) is 4.09. The maximum Gasteiger partial charge on any atom is 0.306 e. The molecule has 1 amide bonds. The Balaban J connectivity index is 1.43. The molecule has 1 fully saturated rings. The van der Waals surface area contributed by atoms with Crippen molar-refractivity contribution >= 4 is 23.2 Å². The molecule has 1 aliphatic heterocycles. The predicted molar refractivity (Wildman–Crippen MR) is 92.4 cm³/mol. The summed E-state index contributed by atoms with van der Waals surface area (Å²) in [4.78, 5) is 24.7. The molecule has 0 unspecified atom stereocenters. The van der Waals surface area contributed by atoms with Gasteiger partial charge in [-0.2, -0.15) is 0 Å². The molecule has 1 aromatic carbocycles. The van der Waals surface area contributed by atoms with Crippen molar-refractivity contribution in [3.8, 4) is 21.9 Å². The summed E-state index contributed by atoms with van der Waals surface area (Å²) in [5.41, 5.74) is 0.975. The first-order valence-corrected chi connectivity index (χ1v) is 8.95. The number of carbonyl (C=O) groups excluding carboxylic acids is 1. The van der Waals surface area contributed by atoms with Crippen LogP contribution in [0, 0.1) is 5.92 Å². The van der Waals surface area contributed by atoms with Gasteiger partial charge in [0.25, 0.3) is 5.91 Å². The lowest BCUT2D eigenvalue weighted by Gasteiger charge is -2.32. The minimum atomic E-state index is -0.789. The topological polar surface area (TPSA) is 84.9 Å². The number of rotatable bonds is 4. The molecule has 2 N–H and O–H groups in total. The predicted octanol–water partition coefficient (Wildman–Crippen LogP) is 2.78. The lowest BCUT2D eigenvalue weighted by Crippen LogP contribution is -2.46. The van der Waals surface area contributed by atoms with Crippen LogP contribution in [-0.4, -0.2) is 36.2 Å². The second-order valence-electron chi connectivity index (χ2n) is 6.20. The molecule has 0 atom stereocenters. The van der Waals surface area contributed by atoms with E-state index < -0.39 is 5.97 Å². The maximum atomic E-state index is 12.3. The molecular formula is C18H17NO5S. The van der Waals surface area contributed by atoms with Gasteiger partial charge < -0.3 is 19.9 Å². The number of fused-ring (bicyclic) bond motifs is 1. The fourth-order valence-electron chi connectivity index (χ4n) is 3.01. The molecule has 0 bridgehead atoms. The highest BCUT2D eigenvalue weighted by Crippen LogP contribution is 2.37. The summed E-state index contributed by atoms with van der Waals surface area (Å²) < 4.78 is 11.1. The monoisotopic (exact) mass is 359 g/mol. The number of aliphatic carboxylic acids is 1. The van der Waals surface area contributed by atoms with Gasteiger partial charge in [-0.25, -0.2) is 0 Å². The number of hydrogen-bond donors (Lipinski definition) is 2. The van der Waals surface area contributed by atoms with Crippen molar-refractivity contribution in [1.82, 2.24) is 5.32 Å². The first-order valence-electron chi connectivity index (χ1n) is 8.13. The first kappa shape index (κ1) is 16.0. The summed E-state index contributed by atoms with van der Waals surface area (Å²) >= 11 is 1.40. The molecule has 0 radical (unpaired) electrons. The van der Waals surface area contributed by atoms with Crippen LogP contribution in [0.15, 0.2) is 30.3 Å². The lowest BCUT2D eigenvalue weighted by molar-refractivity contribution is -0.145. The fraction of sp³-hybridized carbons (Fsp3) is 0.333. The summed E-state index contributed by atoms with van der Waals surface area (Å²) in [5, 5.41) is 11.8. The van der Waals surface area contributed by atoms with E-state index in [1.807, 2.05) is 24.3 Å². The zero-order chi connectivity index (χ0) is 17.4. The van der Waals surface area contributed by atoms with Crippen molar-refractivity contribution < 1.29 is 24.2 Å². The van der Waals surface area contributed by atoms with Crippen LogP contribution in [0.1, 0.15) is 22.5 Å². The smallest absolute Gasteiger partial charge is 0.306 e. The van der Waals surface area contributed by atoms with Crippen LogP contribution in [0.4, 0.5) is 0 Å². The zero-order valence-corrected chi connectivity index (χ0v) is 14.2. The molecule has 2 heterocycles. The second-order valence-corrected chi connectivity index (χ2v) is 7.28. The average molecular weight is 359 g/mol. The van der Waals surface area contributed by atoms with E-state index in [1.165, 1.54) is 11.3 Å². The Morgan fingerprint density at radius 2 is 1.84 bits per heavy atom. The van der Waals surface area contributed by atoms with Crippen LogP contribution < -0.4 is 14.8 Å². The molecule has 2 aliphatic rings. The van der Waals surface area contributed by atoms with Gasteiger partial charge in [0.05, 0.1) is 10.8 Å². The number of carbonyl (C=O) groups is 2. The Morgan fingerprint density at radius 3 is 2.60 bits per heavy atom. The highest BCUT2D eigenvalue weighted by molar-refractivity contribution is 7.17. The summed E-state index contributed by atoms with van der Waals surface area (Å²) in [6.45, 7) is 1.09. The Hall–Kier alpha value is -2.54. The van der Waals surface area contributed by atoms with Crippen LogP contribution in [0.5, 0.6) is 11.5 Å². The van der Waals surface area contributed by atoms with Crippen LogP contribution in [0.3, 0.4) is 0 Å². The Bertz CT molecular complexity index is 825. The molecule has 6 nitrogen and oxygen atoms in total. The van der Waals surface area contributed by atoms with Gasteiger partial charge in [0.1, 0.15) is 13.2 Å². The van der Waals surface area contributed by atoms with Crippen molar-refractivity contribution in [3.63, 3.8) is 0 Å². The largest absolute Gasteiger partial charge is 0.486 e. The van der Waals surface area contributed by atoms with Crippen molar-refractivity contribution in [2.45, 2.75) is 18.9 Å².